The summed E-state index contributed by atoms with van der Waals surface area (Å²) in [5.74, 6) is 0.880. The molecule has 4 heteroatoms. The van der Waals surface area contributed by atoms with E-state index in [4.69, 9.17) is 27.8 Å². The summed E-state index contributed by atoms with van der Waals surface area (Å²) >= 11 is 6.32. The quantitative estimate of drug-likeness (QED) is 0.835. The Balaban J connectivity index is 2.46. The molecule has 0 radical (unpaired) electrons. The van der Waals surface area contributed by atoms with Gasteiger partial charge in [-0.05, 0) is 41.8 Å². The van der Waals surface area contributed by atoms with Crippen LogP contribution in [0.5, 0.6) is 5.75 Å². The van der Waals surface area contributed by atoms with Crippen LogP contribution in [0.3, 0.4) is 0 Å². The van der Waals surface area contributed by atoms with Crippen molar-refractivity contribution in [3.05, 3.63) is 52.5 Å². The fourth-order valence-electron chi connectivity index (χ4n) is 2.41. The van der Waals surface area contributed by atoms with Crippen LogP contribution in [0.1, 0.15) is 30.4 Å². The molecule has 0 saturated carbocycles. The van der Waals surface area contributed by atoms with Gasteiger partial charge in [-0.3, -0.25) is 0 Å². The van der Waals surface area contributed by atoms with Crippen molar-refractivity contribution in [2.45, 2.75) is 19.3 Å². The molecule has 3 nitrogen and oxygen atoms in total. The standard InChI is InChI=1S/C16H19ClN2O/c1-3-12(13-6-5-11(18)9-14(13)17)10-4-7-15(19)16(8-10)20-2/h4-9,12H,3,18-19H2,1-2H3. The van der Waals surface area contributed by atoms with Crippen LogP contribution in [-0.4, -0.2) is 7.11 Å². The van der Waals surface area contributed by atoms with Crippen molar-refractivity contribution in [3.63, 3.8) is 0 Å². The lowest BCUT2D eigenvalue weighted by Gasteiger charge is -2.19. The van der Waals surface area contributed by atoms with E-state index in [9.17, 15) is 0 Å². The monoisotopic (exact) mass is 290 g/mol. The molecule has 0 amide bonds. The molecule has 4 N–H and O–H groups in total. The molecule has 0 saturated heterocycles. The molecule has 1 unspecified atom stereocenters. The van der Waals surface area contributed by atoms with Gasteiger partial charge in [0.15, 0.2) is 0 Å². The van der Waals surface area contributed by atoms with E-state index in [1.165, 1.54) is 0 Å². The topological polar surface area (TPSA) is 61.3 Å². The summed E-state index contributed by atoms with van der Waals surface area (Å²) in [6.45, 7) is 2.13. The molecule has 1 atom stereocenters. The third kappa shape index (κ3) is 2.83. The zero-order chi connectivity index (χ0) is 14.7. The number of anilines is 2. The van der Waals surface area contributed by atoms with Gasteiger partial charge in [-0.1, -0.05) is 30.7 Å². The van der Waals surface area contributed by atoms with E-state index >= 15 is 0 Å². The highest BCUT2D eigenvalue weighted by Gasteiger charge is 2.16. The smallest absolute Gasteiger partial charge is 0.142 e. The first kappa shape index (κ1) is 14.5. The number of hydrogen-bond acceptors (Lipinski definition) is 3. The second-order valence-electron chi connectivity index (χ2n) is 4.74. The predicted octanol–water partition coefficient (Wildman–Crippen LogP) is 4.05. The van der Waals surface area contributed by atoms with Gasteiger partial charge in [0.05, 0.1) is 12.8 Å². The van der Waals surface area contributed by atoms with E-state index in [1.54, 1.807) is 13.2 Å². The van der Waals surface area contributed by atoms with Crippen LogP contribution in [0.15, 0.2) is 36.4 Å². The van der Waals surface area contributed by atoms with Crippen LogP contribution < -0.4 is 16.2 Å². The maximum Gasteiger partial charge on any atom is 0.142 e. The van der Waals surface area contributed by atoms with Crippen LogP contribution in [0.4, 0.5) is 11.4 Å². The Labute approximate surface area is 124 Å². The molecule has 2 aromatic carbocycles. The van der Waals surface area contributed by atoms with Crippen LogP contribution in [0, 0.1) is 0 Å². The van der Waals surface area contributed by atoms with E-state index < -0.39 is 0 Å². The molecule has 0 heterocycles. The van der Waals surface area contributed by atoms with Gasteiger partial charge >= 0.3 is 0 Å². The fourth-order valence-corrected chi connectivity index (χ4v) is 2.73. The van der Waals surface area contributed by atoms with Gasteiger partial charge in [0.2, 0.25) is 0 Å². The number of rotatable bonds is 4. The van der Waals surface area contributed by atoms with Crippen molar-refractivity contribution in [1.82, 2.24) is 0 Å². The van der Waals surface area contributed by atoms with Gasteiger partial charge in [0, 0.05) is 16.6 Å². The normalized spacial score (nSPS) is 12.2. The molecule has 2 rings (SSSR count). The minimum Gasteiger partial charge on any atom is -0.495 e. The maximum absolute atomic E-state index is 6.32. The zero-order valence-electron chi connectivity index (χ0n) is 11.7. The first-order valence-electron chi connectivity index (χ1n) is 6.55. The SMILES string of the molecule is CCC(c1ccc(N)c(OC)c1)c1ccc(N)cc1Cl. The Morgan fingerprint density at radius 1 is 1.15 bits per heavy atom. The van der Waals surface area contributed by atoms with E-state index in [2.05, 4.69) is 6.92 Å². The fraction of sp³-hybridized carbons (Fsp3) is 0.250. The summed E-state index contributed by atoms with van der Waals surface area (Å²) in [5, 5.41) is 0.688. The lowest BCUT2D eigenvalue weighted by molar-refractivity contribution is 0.416. The lowest BCUT2D eigenvalue weighted by Crippen LogP contribution is -2.03. The number of nitrogens with two attached hydrogens (primary N) is 2. The molecule has 0 spiro atoms. The largest absolute Gasteiger partial charge is 0.495 e. The molecule has 0 aliphatic carbocycles. The van der Waals surface area contributed by atoms with Crippen molar-refractivity contribution in [2.75, 3.05) is 18.6 Å². The van der Waals surface area contributed by atoms with Crippen LogP contribution in [0.2, 0.25) is 5.02 Å². The Morgan fingerprint density at radius 3 is 2.50 bits per heavy atom. The minimum atomic E-state index is 0.192. The number of ether oxygens (including phenoxy) is 1. The van der Waals surface area contributed by atoms with Gasteiger partial charge < -0.3 is 16.2 Å². The summed E-state index contributed by atoms with van der Waals surface area (Å²) < 4.78 is 5.29. The molecular weight excluding hydrogens is 272 g/mol. The van der Waals surface area contributed by atoms with E-state index in [0.717, 1.165) is 17.5 Å². The molecule has 0 aliphatic heterocycles. The molecule has 2 aromatic rings. The van der Waals surface area contributed by atoms with Crippen molar-refractivity contribution in [2.24, 2.45) is 0 Å². The van der Waals surface area contributed by atoms with E-state index in [-0.39, 0.29) is 5.92 Å². The number of methoxy groups -OCH3 is 1. The Morgan fingerprint density at radius 2 is 1.90 bits per heavy atom. The number of nitrogen functional groups attached to an aromatic ring is 2. The molecule has 20 heavy (non-hydrogen) atoms. The Bertz CT molecular complexity index is 613. The number of hydrogen-bond donors (Lipinski definition) is 2. The van der Waals surface area contributed by atoms with Gasteiger partial charge in [-0.15, -0.1) is 0 Å². The molecule has 0 aromatic heterocycles. The first-order valence-corrected chi connectivity index (χ1v) is 6.93. The van der Waals surface area contributed by atoms with E-state index in [0.29, 0.717) is 22.1 Å². The molecule has 0 fully saturated rings. The van der Waals surface area contributed by atoms with Gasteiger partial charge in [-0.25, -0.2) is 0 Å². The summed E-state index contributed by atoms with van der Waals surface area (Å²) in [7, 11) is 1.62. The average molecular weight is 291 g/mol. The summed E-state index contributed by atoms with van der Waals surface area (Å²) in [4.78, 5) is 0. The highest BCUT2D eigenvalue weighted by molar-refractivity contribution is 6.31. The second kappa shape index (κ2) is 6.06. The summed E-state index contributed by atoms with van der Waals surface area (Å²) in [6.07, 6.45) is 0.927. The molecule has 0 aliphatic rings. The highest BCUT2D eigenvalue weighted by atomic mass is 35.5. The molecular formula is C16H19ClN2O. The van der Waals surface area contributed by atoms with Gasteiger partial charge in [0.25, 0.3) is 0 Å². The third-order valence-corrected chi connectivity index (χ3v) is 3.80. The van der Waals surface area contributed by atoms with Gasteiger partial charge in [-0.2, -0.15) is 0 Å². The highest BCUT2D eigenvalue weighted by Crippen LogP contribution is 2.36. The average Bonchev–Trinajstić information content (AvgIpc) is 2.43. The van der Waals surface area contributed by atoms with Crippen molar-refractivity contribution in [3.8, 4) is 5.75 Å². The Kier molecular flexibility index (Phi) is 4.40. The van der Waals surface area contributed by atoms with Gasteiger partial charge in [0.1, 0.15) is 5.75 Å². The first-order chi connectivity index (χ1) is 9.56. The van der Waals surface area contributed by atoms with E-state index in [1.807, 2.05) is 30.3 Å². The number of halogens is 1. The third-order valence-electron chi connectivity index (χ3n) is 3.47. The van der Waals surface area contributed by atoms with Crippen LogP contribution in [-0.2, 0) is 0 Å². The second-order valence-corrected chi connectivity index (χ2v) is 5.15. The summed E-state index contributed by atoms with van der Waals surface area (Å²) in [5.41, 5.74) is 15.1. The van der Waals surface area contributed by atoms with Crippen molar-refractivity contribution < 1.29 is 4.74 Å². The van der Waals surface area contributed by atoms with Crippen molar-refractivity contribution >= 4 is 23.0 Å². The van der Waals surface area contributed by atoms with Crippen molar-refractivity contribution in [1.29, 1.82) is 0 Å². The molecule has 0 bridgehead atoms. The predicted molar refractivity (Wildman–Crippen MR) is 85.4 cm³/mol. The summed E-state index contributed by atoms with van der Waals surface area (Å²) in [6, 6.07) is 11.5. The Hall–Kier alpha value is -1.87. The minimum absolute atomic E-state index is 0.192. The van der Waals surface area contributed by atoms with Crippen LogP contribution >= 0.6 is 11.6 Å². The molecule has 106 valence electrons. The number of benzene rings is 2. The maximum atomic E-state index is 6.32. The van der Waals surface area contributed by atoms with Crippen LogP contribution in [0.25, 0.3) is 0 Å². The lowest BCUT2D eigenvalue weighted by atomic mass is 9.88. The zero-order valence-corrected chi connectivity index (χ0v) is 12.4.